The molecule has 4 nitrogen and oxygen atoms in total. The zero-order valence-corrected chi connectivity index (χ0v) is 12.6. The summed E-state index contributed by atoms with van der Waals surface area (Å²) in [4.78, 5) is 14.1. The fourth-order valence-corrected chi connectivity index (χ4v) is 2.26. The van der Waals surface area contributed by atoms with Gasteiger partial charge in [-0.25, -0.2) is 4.39 Å². The summed E-state index contributed by atoms with van der Waals surface area (Å²) in [5, 5.41) is 3.33. The van der Waals surface area contributed by atoms with E-state index in [4.69, 9.17) is 4.74 Å². The van der Waals surface area contributed by atoms with Gasteiger partial charge in [-0.15, -0.1) is 0 Å². The number of hydrogen-bond donors (Lipinski definition) is 1. The molecule has 1 atom stereocenters. The molecular formula is C16H23FN2O2. The maximum absolute atomic E-state index is 13.0. The molecule has 1 aliphatic carbocycles. The minimum Gasteiger partial charge on any atom is -0.465 e. The van der Waals surface area contributed by atoms with Gasteiger partial charge >= 0.3 is 5.97 Å². The largest absolute Gasteiger partial charge is 0.465 e. The highest BCUT2D eigenvalue weighted by Crippen LogP contribution is 2.21. The predicted octanol–water partition coefficient (Wildman–Crippen LogP) is 2.34. The number of rotatable bonds is 8. The van der Waals surface area contributed by atoms with Crippen LogP contribution in [0, 0.1) is 5.82 Å². The number of halogens is 1. The standard InChI is InChI=1S/C16H23FN2O2/c1-3-19(14-9-5-12(17)6-10-14)11-15(16(20)21-4-2)18-13-7-8-13/h5-6,9-10,13,15,18H,3-4,7-8,11H2,1-2H3. The van der Waals surface area contributed by atoms with Crippen molar-refractivity contribution < 1.29 is 13.9 Å². The van der Waals surface area contributed by atoms with Crippen molar-refractivity contribution in [3.8, 4) is 0 Å². The molecule has 0 amide bonds. The van der Waals surface area contributed by atoms with Gasteiger partial charge in [0.05, 0.1) is 6.61 Å². The Kier molecular flexibility index (Phi) is 5.56. The minimum absolute atomic E-state index is 0.218. The molecule has 1 aromatic carbocycles. The van der Waals surface area contributed by atoms with E-state index in [0.717, 1.165) is 25.1 Å². The van der Waals surface area contributed by atoms with E-state index in [2.05, 4.69) is 10.2 Å². The van der Waals surface area contributed by atoms with Crippen molar-refractivity contribution in [2.75, 3.05) is 24.6 Å². The summed E-state index contributed by atoms with van der Waals surface area (Å²) in [7, 11) is 0. The van der Waals surface area contributed by atoms with Crippen LogP contribution >= 0.6 is 0 Å². The van der Waals surface area contributed by atoms with Crippen LogP contribution in [-0.2, 0) is 9.53 Å². The molecule has 0 spiro atoms. The van der Waals surface area contributed by atoms with Gasteiger partial charge < -0.3 is 15.0 Å². The van der Waals surface area contributed by atoms with Crippen LogP contribution in [0.2, 0.25) is 0 Å². The second kappa shape index (κ2) is 7.41. The highest BCUT2D eigenvalue weighted by Gasteiger charge is 2.30. The summed E-state index contributed by atoms with van der Waals surface area (Å²) in [6.45, 7) is 5.47. The molecule has 0 aromatic heterocycles. The smallest absolute Gasteiger partial charge is 0.324 e. The summed E-state index contributed by atoms with van der Waals surface area (Å²) in [5.41, 5.74) is 0.908. The van der Waals surface area contributed by atoms with Crippen molar-refractivity contribution >= 4 is 11.7 Å². The van der Waals surface area contributed by atoms with Gasteiger partial charge in [0.1, 0.15) is 11.9 Å². The molecule has 21 heavy (non-hydrogen) atoms. The number of nitrogens with zero attached hydrogens (tertiary/aromatic N) is 1. The van der Waals surface area contributed by atoms with E-state index >= 15 is 0 Å². The van der Waals surface area contributed by atoms with Gasteiger partial charge in [0, 0.05) is 24.8 Å². The number of hydrogen-bond acceptors (Lipinski definition) is 4. The van der Waals surface area contributed by atoms with E-state index in [1.54, 1.807) is 12.1 Å². The maximum atomic E-state index is 13.0. The monoisotopic (exact) mass is 294 g/mol. The molecular weight excluding hydrogens is 271 g/mol. The molecule has 1 N–H and O–H groups in total. The normalized spacial score (nSPS) is 15.6. The minimum atomic E-state index is -0.345. The van der Waals surface area contributed by atoms with Crippen LogP contribution in [0.25, 0.3) is 0 Å². The first-order valence-corrected chi connectivity index (χ1v) is 7.57. The quantitative estimate of drug-likeness (QED) is 0.747. The second-order valence-electron chi connectivity index (χ2n) is 5.26. The molecule has 0 radical (unpaired) electrons. The summed E-state index contributed by atoms with van der Waals surface area (Å²) in [5.74, 6) is -0.474. The third-order valence-electron chi connectivity index (χ3n) is 3.56. The number of carbonyl (C=O) groups is 1. The molecule has 1 saturated carbocycles. The van der Waals surface area contributed by atoms with E-state index in [0.29, 0.717) is 19.2 Å². The van der Waals surface area contributed by atoms with Crippen LogP contribution in [-0.4, -0.2) is 37.7 Å². The molecule has 1 unspecified atom stereocenters. The highest BCUT2D eigenvalue weighted by molar-refractivity contribution is 5.77. The van der Waals surface area contributed by atoms with E-state index in [1.165, 1.54) is 12.1 Å². The third kappa shape index (κ3) is 4.70. The van der Waals surface area contributed by atoms with Gasteiger partial charge in [0.15, 0.2) is 0 Å². The van der Waals surface area contributed by atoms with Gasteiger partial charge in [-0.1, -0.05) is 0 Å². The average Bonchev–Trinajstić information content (AvgIpc) is 3.29. The molecule has 1 aromatic rings. The van der Waals surface area contributed by atoms with Crippen LogP contribution in [0.4, 0.5) is 10.1 Å². The molecule has 0 saturated heterocycles. The van der Waals surface area contributed by atoms with Crippen LogP contribution in [0.3, 0.4) is 0 Å². The summed E-state index contributed by atoms with van der Waals surface area (Å²) in [6.07, 6.45) is 2.22. The highest BCUT2D eigenvalue weighted by atomic mass is 19.1. The van der Waals surface area contributed by atoms with Gasteiger partial charge in [-0.05, 0) is 51.0 Å². The molecule has 2 rings (SSSR count). The first kappa shape index (κ1) is 15.8. The first-order chi connectivity index (χ1) is 10.1. The van der Waals surface area contributed by atoms with Crippen molar-refractivity contribution in [3.05, 3.63) is 30.1 Å². The Balaban J connectivity index is 2.04. The van der Waals surface area contributed by atoms with Gasteiger partial charge in [-0.3, -0.25) is 4.79 Å². The lowest BCUT2D eigenvalue weighted by atomic mass is 10.2. The number of nitrogens with one attached hydrogen (secondary N) is 1. The van der Waals surface area contributed by atoms with E-state index in [9.17, 15) is 9.18 Å². The Bertz CT molecular complexity index is 460. The SMILES string of the molecule is CCOC(=O)C(CN(CC)c1ccc(F)cc1)NC1CC1. The number of carbonyl (C=O) groups excluding carboxylic acids is 1. The van der Waals surface area contributed by atoms with Crippen LogP contribution in [0.15, 0.2) is 24.3 Å². The van der Waals surface area contributed by atoms with Crippen LogP contribution < -0.4 is 10.2 Å². The molecule has 1 aliphatic rings. The average molecular weight is 294 g/mol. The molecule has 0 heterocycles. The molecule has 0 aliphatic heterocycles. The lowest BCUT2D eigenvalue weighted by Crippen LogP contribution is -2.48. The fraction of sp³-hybridized carbons (Fsp3) is 0.562. The van der Waals surface area contributed by atoms with Gasteiger partial charge in [-0.2, -0.15) is 0 Å². The molecule has 0 bridgehead atoms. The van der Waals surface area contributed by atoms with Crippen molar-refractivity contribution in [3.63, 3.8) is 0 Å². The number of ether oxygens (including phenoxy) is 1. The zero-order valence-electron chi connectivity index (χ0n) is 12.6. The summed E-state index contributed by atoms with van der Waals surface area (Å²) in [6, 6.07) is 6.42. The van der Waals surface area contributed by atoms with Gasteiger partial charge in [0.25, 0.3) is 0 Å². The first-order valence-electron chi connectivity index (χ1n) is 7.57. The molecule has 116 valence electrons. The third-order valence-corrected chi connectivity index (χ3v) is 3.56. The van der Waals surface area contributed by atoms with E-state index in [1.807, 2.05) is 13.8 Å². The second-order valence-corrected chi connectivity index (χ2v) is 5.26. The predicted molar refractivity (Wildman–Crippen MR) is 80.9 cm³/mol. The molecule has 1 fully saturated rings. The number of benzene rings is 1. The number of anilines is 1. The Morgan fingerprint density at radius 1 is 1.38 bits per heavy atom. The Hall–Kier alpha value is -1.62. The van der Waals surface area contributed by atoms with Crippen molar-refractivity contribution in [2.45, 2.75) is 38.8 Å². The molecule has 5 heteroatoms. The maximum Gasteiger partial charge on any atom is 0.324 e. The van der Waals surface area contributed by atoms with Gasteiger partial charge in [0.2, 0.25) is 0 Å². The lowest BCUT2D eigenvalue weighted by molar-refractivity contribution is -0.145. The van der Waals surface area contributed by atoms with Crippen LogP contribution in [0.1, 0.15) is 26.7 Å². The van der Waals surface area contributed by atoms with Crippen molar-refractivity contribution in [2.24, 2.45) is 0 Å². The topological polar surface area (TPSA) is 41.6 Å². The fourth-order valence-electron chi connectivity index (χ4n) is 2.26. The number of esters is 1. The van der Waals surface area contributed by atoms with E-state index < -0.39 is 0 Å². The zero-order chi connectivity index (χ0) is 15.2. The van der Waals surface area contributed by atoms with Crippen molar-refractivity contribution in [1.82, 2.24) is 5.32 Å². The Labute approximate surface area is 125 Å². The van der Waals surface area contributed by atoms with Crippen LogP contribution in [0.5, 0.6) is 0 Å². The van der Waals surface area contributed by atoms with Crippen molar-refractivity contribution in [1.29, 1.82) is 0 Å². The summed E-state index contributed by atoms with van der Waals surface area (Å²) < 4.78 is 18.2. The lowest BCUT2D eigenvalue weighted by Gasteiger charge is -2.28. The van der Waals surface area contributed by atoms with E-state index in [-0.39, 0.29) is 17.8 Å². The Morgan fingerprint density at radius 3 is 2.57 bits per heavy atom. The number of likely N-dealkylation sites (N-methyl/N-ethyl adjacent to an activating group) is 1. The summed E-state index contributed by atoms with van der Waals surface area (Å²) >= 11 is 0. The Morgan fingerprint density at radius 2 is 2.05 bits per heavy atom.